The molecular formula is C19H31NO3. The molecule has 4 heteroatoms. The van der Waals surface area contributed by atoms with E-state index < -0.39 is 0 Å². The summed E-state index contributed by atoms with van der Waals surface area (Å²) in [4.78, 5) is 2.47. The average Bonchev–Trinajstić information content (AvgIpc) is 2.55. The minimum Gasteiger partial charge on any atom is -0.396 e. The van der Waals surface area contributed by atoms with Gasteiger partial charge in [-0.05, 0) is 60.4 Å². The molecule has 1 heterocycles. The molecule has 2 rings (SSSR count). The normalized spacial score (nSPS) is 18.4. The highest BCUT2D eigenvalue weighted by atomic mass is 16.3. The van der Waals surface area contributed by atoms with E-state index in [2.05, 4.69) is 18.7 Å². The van der Waals surface area contributed by atoms with Gasteiger partial charge in [0, 0.05) is 19.2 Å². The molecule has 0 amide bonds. The maximum Gasteiger partial charge on any atom is 0.0685 e. The standard InChI is InChI=1S/C19H31NO3/c1-14(2)4-3-7-20-8-5-15-10-16(12-22)17(13-23)11-18(15)19(20)6-9-21/h10-11,14,19,21-23H,3-9,12-13H2,1-2H3/t19-/m1/s1. The largest absolute Gasteiger partial charge is 0.396 e. The molecule has 23 heavy (non-hydrogen) atoms. The van der Waals surface area contributed by atoms with E-state index in [0.29, 0.717) is 0 Å². The van der Waals surface area contributed by atoms with Crippen molar-refractivity contribution in [2.24, 2.45) is 5.92 Å². The number of nitrogens with zero attached hydrogens (tertiary/aromatic N) is 1. The van der Waals surface area contributed by atoms with E-state index in [1.165, 1.54) is 24.0 Å². The molecule has 0 spiro atoms. The fourth-order valence-corrected chi connectivity index (χ4v) is 3.63. The maximum absolute atomic E-state index is 9.56. The van der Waals surface area contributed by atoms with Gasteiger partial charge in [-0.15, -0.1) is 0 Å². The molecule has 0 bridgehead atoms. The molecule has 0 fully saturated rings. The molecule has 0 radical (unpaired) electrons. The minimum absolute atomic E-state index is 0.0358. The average molecular weight is 321 g/mol. The zero-order chi connectivity index (χ0) is 16.8. The SMILES string of the molecule is CC(C)CCCN1CCc2cc(CO)c(CO)cc2[C@H]1CCO. The molecule has 1 aromatic rings. The molecule has 0 aliphatic carbocycles. The number of benzene rings is 1. The van der Waals surface area contributed by atoms with Crippen LogP contribution < -0.4 is 0 Å². The van der Waals surface area contributed by atoms with E-state index in [1.54, 1.807) is 0 Å². The van der Waals surface area contributed by atoms with Crippen LogP contribution in [0.2, 0.25) is 0 Å². The van der Waals surface area contributed by atoms with E-state index in [0.717, 1.165) is 43.0 Å². The molecule has 0 unspecified atom stereocenters. The topological polar surface area (TPSA) is 63.9 Å². The van der Waals surface area contributed by atoms with Crippen LogP contribution in [-0.4, -0.2) is 39.9 Å². The van der Waals surface area contributed by atoms with Crippen LogP contribution >= 0.6 is 0 Å². The van der Waals surface area contributed by atoms with E-state index in [1.807, 2.05) is 12.1 Å². The van der Waals surface area contributed by atoms with Gasteiger partial charge >= 0.3 is 0 Å². The van der Waals surface area contributed by atoms with E-state index >= 15 is 0 Å². The fourth-order valence-electron chi connectivity index (χ4n) is 3.63. The van der Waals surface area contributed by atoms with Crippen LogP contribution in [0.3, 0.4) is 0 Å². The van der Waals surface area contributed by atoms with Crippen molar-refractivity contribution in [1.29, 1.82) is 0 Å². The van der Waals surface area contributed by atoms with E-state index in [-0.39, 0.29) is 25.9 Å². The first-order chi connectivity index (χ1) is 11.1. The predicted molar refractivity (Wildman–Crippen MR) is 92.1 cm³/mol. The van der Waals surface area contributed by atoms with Crippen molar-refractivity contribution in [2.75, 3.05) is 19.7 Å². The summed E-state index contributed by atoms with van der Waals surface area (Å²) in [5, 5.41) is 28.5. The lowest BCUT2D eigenvalue weighted by molar-refractivity contribution is 0.143. The highest BCUT2D eigenvalue weighted by Crippen LogP contribution is 2.34. The second-order valence-electron chi connectivity index (χ2n) is 6.99. The summed E-state index contributed by atoms with van der Waals surface area (Å²) < 4.78 is 0. The zero-order valence-electron chi connectivity index (χ0n) is 14.5. The Morgan fingerprint density at radius 2 is 1.83 bits per heavy atom. The first-order valence-electron chi connectivity index (χ1n) is 8.81. The van der Waals surface area contributed by atoms with Crippen LogP contribution in [0.4, 0.5) is 0 Å². The Bertz CT molecular complexity index is 502. The zero-order valence-corrected chi connectivity index (χ0v) is 14.5. The molecule has 0 saturated carbocycles. The quantitative estimate of drug-likeness (QED) is 0.688. The maximum atomic E-state index is 9.56. The second kappa shape index (κ2) is 8.78. The Labute approximate surface area is 139 Å². The lowest BCUT2D eigenvalue weighted by Crippen LogP contribution is -2.37. The minimum atomic E-state index is -0.0532. The molecule has 1 aliphatic heterocycles. The third-order valence-corrected chi connectivity index (χ3v) is 4.90. The van der Waals surface area contributed by atoms with Crippen molar-refractivity contribution in [1.82, 2.24) is 4.90 Å². The van der Waals surface area contributed by atoms with Crippen LogP contribution in [0.25, 0.3) is 0 Å². The van der Waals surface area contributed by atoms with Gasteiger partial charge < -0.3 is 15.3 Å². The molecular weight excluding hydrogens is 290 g/mol. The van der Waals surface area contributed by atoms with Crippen molar-refractivity contribution in [3.05, 3.63) is 34.4 Å². The Balaban J connectivity index is 2.22. The number of hydrogen-bond donors (Lipinski definition) is 3. The summed E-state index contributed by atoms with van der Waals surface area (Å²) in [6.45, 7) is 6.63. The van der Waals surface area contributed by atoms with Gasteiger partial charge in [-0.1, -0.05) is 26.0 Å². The molecule has 0 saturated heterocycles. The van der Waals surface area contributed by atoms with Crippen molar-refractivity contribution in [2.45, 2.75) is 58.8 Å². The summed E-state index contributed by atoms with van der Waals surface area (Å²) in [5.74, 6) is 0.719. The monoisotopic (exact) mass is 321 g/mol. The number of rotatable bonds is 8. The van der Waals surface area contributed by atoms with Crippen LogP contribution in [0.1, 0.15) is 61.4 Å². The molecule has 0 aromatic heterocycles. The van der Waals surface area contributed by atoms with Gasteiger partial charge in [-0.3, -0.25) is 4.90 Å². The molecule has 4 nitrogen and oxygen atoms in total. The van der Waals surface area contributed by atoms with Crippen LogP contribution in [0.5, 0.6) is 0 Å². The summed E-state index contributed by atoms with van der Waals surface area (Å²) in [7, 11) is 0. The van der Waals surface area contributed by atoms with Crippen molar-refractivity contribution in [3.63, 3.8) is 0 Å². The Morgan fingerprint density at radius 1 is 1.13 bits per heavy atom. The van der Waals surface area contributed by atoms with Gasteiger partial charge in [0.2, 0.25) is 0 Å². The Kier molecular flexibility index (Phi) is 7.03. The lowest BCUT2D eigenvalue weighted by atomic mass is 9.87. The van der Waals surface area contributed by atoms with Crippen molar-refractivity contribution < 1.29 is 15.3 Å². The molecule has 1 aromatic carbocycles. The molecule has 130 valence electrons. The summed E-state index contributed by atoms with van der Waals surface area (Å²) in [6.07, 6.45) is 4.09. The van der Waals surface area contributed by atoms with Gasteiger partial charge in [0.25, 0.3) is 0 Å². The van der Waals surface area contributed by atoms with Crippen LogP contribution in [0, 0.1) is 5.92 Å². The third kappa shape index (κ3) is 4.54. The van der Waals surface area contributed by atoms with Gasteiger partial charge in [0.1, 0.15) is 0 Å². The van der Waals surface area contributed by atoms with Crippen LogP contribution in [0.15, 0.2) is 12.1 Å². The smallest absolute Gasteiger partial charge is 0.0685 e. The first-order valence-corrected chi connectivity index (χ1v) is 8.81. The first kappa shape index (κ1) is 18.4. The van der Waals surface area contributed by atoms with Crippen molar-refractivity contribution >= 4 is 0 Å². The number of fused-ring (bicyclic) bond motifs is 1. The summed E-state index contributed by atoms with van der Waals surface area (Å²) in [5.41, 5.74) is 4.10. The van der Waals surface area contributed by atoms with Gasteiger partial charge in [-0.25, -0.2) is 0 Å². The van der Waals surface area contributed by atoms with E-state index in [9.17, 15) is 15.3 Å². The van der Waals surface area contributed by atoms with E-state index in [4.69, 9.17) is 0 Å². The molecule has 3 N–H and O–H groups in total. The highest BCUT2D eigenvalue weighted by molar-refractivity contribution is 5.41. The highest BCUT2D eigenvalue weighted by Gasteiger charge is 2.27. The van der Waals surface area contributed by atoms with Crippen LogP contribution in [-0.2, 0) is 19.6 Å². The van der Waals surface area contributed by atoms with Crippen molar-refractivity contribution in [3.8, 4) is 0 Å². The summed E-state index contributed by atoms with van der Waals surface area (Å²) in [6, 6.07) is 4.29. The number of hydrogen-bond acceptors (Lipinski definition) is 4. The van der Waals surface area contributed by atoms with Gasteiger partial charge in [0.15, 0.2) is 0 Å². The lowest BCUT2D eigenvalue weighted by Gasteiger charge is -2.38. The molecule has 1 aliphatic rings. The predicted octanol–water partition coefficient (Wildman–Crippen LogP) is 2.39. The fraction of sp³-hybridized carbons (Fsp3) is 0.684. The number of aliphatic hydroxyl groups is 3. The number of aliphatic hydroxyl groups excluding tert-OH is 3. The second-order valence-corrected chi connectivity index (χ2v) is 6.99. The Morgan fingerprint density at radius 3 is 2.43 bits per heavy atom. The van der Waals surface area contributed by atoms with Gasteiger partial charge in [-0.2, -0.15) is 0 Å². The van der Waals surface area contributed by atoms with Gasteiger partial charge in [0.05, 0.1) is 13.2 Å². The Hall–Kier alpha value is -0.940. The molecule has 1 atom stereocenters. The summed E-state index contributed by atoms with van der Waals surface area (Å²) >= 11 is 0. The third-order valence-electron chi connectivity index (χ3n) is 4.90.